The van der Waals surface area contributed by atoms with Gasteiger partial charge in [0.25, 0.3) is 0 Å². The van der Waals surface area contributed by atoms with Crippen LogP contribution in [0.4, 0.5) is 5.69 Å². The minimum atomic E-state index is -3.06. The van der Waals surface area contributed by atoms with E-state index in [1.807, 2.05) is 6.07 Å². The fourth-order valence-corrected chi connectivity index (χ4v) is 3.56. The van der Waals surface area contributed by atoms with E-state index in [4.69, 9.17) is 5.26 Å². The van der Waals surface area contributed by atoms with E-state index in [1.54, 1.807) is 24.3 Å². The Bertz CT molecular complexity index is 649. The van der Waals surface area contributed by atoms with Crippen LogP contribution in [-0.2, 0) is 14.6 Å². The van der Waals surface area contributed by atoms with Crippen molar-refractivity contribution in [2.45, 2.75) is 12.5 Å². The average Bonchev–Trinajstić information content (AvgIpc) is 2.38. The molecule has 0 aromatic heterocycles. The SMILES string of the molecule is N#Cc1ccccc1NC(=O)CC1CS(=O)(=O)CCN1. The lowest BCUT2D eigenvalue weighted by molar-refractivity contribution is -0.116. The van der Waals surface area contributed by atoms with Crippen LogP contribution in [0.2, 0.25) is 0 Å². The Hall–Kier alpha value is -1.91. The quantitative estimate of drug-likeness (QED) is 0.833. The number of nitrogens with one attached hydrogen (secondary N) is 2. The van der Waals surface area contributed by atoms with Crippen molar-refractivity contribution in [2.75, 3.05) is 23.4 Å². The van der Waals surface area contributed by atoms with Gasteiger partial charge in [0, 0.05) is 19.0 Å². The number of anilines is 1. The highest BCUT2D eigenvalue weighted by Crippen LogP contribution is 2.14. The van der Waals surface area contributed by atoms with Crippen molar-refractivity contribution in [3.8, 4) is 6.07 Å². The van der Waals surface area contributed by atoms with Gasteiger partial charge in [0.05, 0.1) is 22.8 Å². The molecule has 1 heterocycles. The van der Waals surface area contributed by atoms with E-state index >= 15 is 0 Å². The zero-order valence-corrected chi connectivity index (χ0v) is 11.6. The zero-order chi connectivity index (χ0) is 14.6. The Balaban J connectivity index is 1.98. The molecule has 1 amide bonds. The lowest BCUT2D eigenvalue weighted by Crippen LogP contribution is -2.46. The fraction of sp³-hybridized carbons (Fsp3) is 0.385. The number of nitrogens with zero attached hydrogens (tertiary/aromatic N) is 1. The van der Waals surface area contributed by atoms with Gasteiger partial charge in [-0.05, 0) is 12.1 Å². The highest BCUT2D eigenvalue weighted by atomic mass is 32.2. The summed E-state index contributed by atoms with van der Waals surface area (Å²) in [7, 11) is -3.06. The van der Waals surface area contributed by atoms with Gasteiger partial charge in [-0.25, -0.2) is 8.42 Å². The molecule has 1 aromatic carbocycles. The third kappa shape index (κ3) is 3.79. The first-order valence-electron chi connectivity index (χ1n) is 6.23. The second-order valence-electron chi connectivity index (χ2n) is 4.68. The number of benzene rings is 1. The molecule has 1 atom stereocenters. The van der Waals surface area contributed by atoms with E-state index in [0.717, 1.165) is 0 Å². The molecular weight excluding hydrogens is 278 g/mol. The van der Waals surface area contributed by atoms with Gasteiger partial charge in [-0.3, -0.25) is 4.79 Å². The highest BCUT2D eigenvalue weighted by molar-refractivity contribution is 7.91. The maximum atomic E-state index is 11.9. The van der Waals surface area contributed by atoms with Crippen LogP contribution in [0.1, 0.15) is 12.0 Å². The second kappa shape index (κ2) is 6.03. The van der Waals surface area contributed by atoms with Gasteiger partial charge in [0.2, 0.25) is 5.91 Å². The summed E-state index contributed by atoms with van der Waals surface area (Å²) in [6.45, 7) is 0.370. The summed E-state index contributed by atoms with van der Waals surface area (Å²) in [5.74, 6) is -0.217. The maximum Gasteiger partial charge on any atom is 0.226 e. The smallest absolute Gasteiger partial charge is 0.226 e. The molecule has 2 rings (SSSR count). The van der Waals surface area contributed by atoms with Crippen molar-refractivity contribution in [1.29, 1.82) is 5.26 Å². The first-order valence-corrected chi connectivity index (χ1v) is 8.05. The Morgan fingerprint density at radius 1 is 1.45 bits per heavy atom. The highest BCUT2D eigenvalue weighted by Gasteiger charge is 2.26. The summed E-state index contributed by atoms with van der Waals surface area (Å²) in [6.07, 6.45) is 0.0684. The Morgan fingerprint density at radius 2 is 2.20 bits per heavy atom. The van der Waals surface area contributed by atoms with E-state index in [1.165, 1.54) is 0 Å². The number of sulfone groups is 1. The summed E-state index contributed by atoms with van der Waals surface area (Å²) >= 11 is 0. The third-order valence-electron chi connectivity index (χ3n) is 3.05. The monoisotopic (exact) mass is 293 g/mol. The van der Waals surface area contributed by atoms with Gasteiger partial charge in [0.15, 0.2) is 9.84 Å². The second-order valence-corrected chi connectivity index (χ2v) is 6.90. The minimum absolute atomic E-state index is 0.0275. The molecule has 20 heavy (non-hydrogen) atoms. The molecule has 2 N–H and O–H groups in total. The van der Waals surface area contributed by atoms with Crippen molar-refractivity contribution in [3.05, 3.63) is 29.8 Å². The molecule has 6 nitrogen and oxygen atoms in total. The Morgan fingerprint density at radius 3 is 2.90 bits per heavy atom. The standard InChI is InChI=1S/C13H15N3O3S/c14-8-10-3-1-2-4-12(10)16-13(17)7-11-9-20(18,19)6-5-15-11/h1-4,11,15H,5-7,9H2,(H,16,17). The molecule has 1 aromatic rings. The van der Waals surface area contributed by atoms with Crippen LogP contribution in [0.25, 0.3) is 0 Å². The number of carbonyl (C=O) groups is 1. The first-order chi connectivity index (χ1) is 9.50. The van der Waals surface area contributed by atoms with Crippen LogP contribution < -0.4 is 10.6 Å². The number of hydrogen-bond donors (Lipinski definition) is 2. The molecule has 0 spiro atoms. The van der Waals surface area contributed by atoms with E-state index in [0.29, 0.717) is 17.8 Å². The number of rotatable bonds is 3. The van der Waals surface area contributed by atoms with Gasteiger partial charge in [-0.15, -0.1) is 0 Å². The number of hydrogen-bond acceptors (Lipinski definition) is 5. The van der Waals surface area contributed by atoms with Gasteiger partial charge in [-0.1, -0.05) is 12.1 Å². The average molecular weight is 293 g/mol. The van der Waals surface area contributed by atoms with Crippen LogP contribution in [-0.4, -0.2) is 38.4 Å². The lowest BCUT2D eigenvalue weighted by Gasteiger charge is -2.23. The van der Waals surface area contributed by atoms with Crippen molar-refractivity contribution in [3.63, 3.8) is 0 Å². The molecule has 1 saturated heterocycles. The van der Waals surface area contributed by atoms with Gasteiger partial charge in [-0.2, -0.15) is 5.26 Å². The molecule has 1 fully saturated rings. The van der Waals surface area contributed by atoms with Gasteiger partial charge >= 0.3 is 0 Å². The fourth-order valence-electron chi connectivity index (χ4n) is 2.11. The van der Waals surface area contributed by atoms with Crippen LogP contribution in [0.3, 0.4) is 0 Å². The van der Waals surface area contributed by atoms with Gasteiger partial charge in [0.1, 0.15) is 6.07 Å². The summed E-state index contributed by atoms with van der Waals surface area (Å²) in [5.41, 5.74) is 0.823. The van der Waals surface area contributed by atoms with E-state index in [9.17, 15) is 13.2 Å². The van der Waals surface area contributed by atoms with E-state index < -0.39 is 9.84 Å². The maximum absolute atomic E-state index is 11.9. The van der Waals surface area contributed by atoms with Gasteiger partial charge < -0.3 is 10.6 Å². The third-order valence-corrected chi connectivity index (χ3v) is 4.79. The number of nitriles is 1. The summed E-state index contributed by atoms with van der Waals surface area (Å²) in [4.78, 5) is 11.9. The molecule has 7 heteroatoms. The summed E-state index contributed by atoms with van der Waals surface area (Å²) in [6, 6.07) is 8.30. The molecule has 0 aliphatic carbocycles. The largest absolute Gasteiger partial charge is 0.325 e. The van der Waals surface area contributed by atoms with Crippen molar-refractivity contribution in [1.82, 2.24) is 5.32 Å². The van der Waals surface area contributed by atoms with Crippen LogP contribution >= 0.6 is 0 Å². The molecule has 106 valence electrons. The van der Waals surface area contributed by atoms with E-state index in [2.05, 4.69) is 10.6 Å². The van der Waals surface area contributed by atoms with E-state index in [-0.39, 0.29) is 29.9 Å². The molecule has 1 aliphatic rings. The molecule has 0 bridgehead atoms. The Labute approximate surface area is 117 Å². The molecule has 0 radical (unpaired) electrons. The topological polar surface area (TPSA) is 99.1 Å². The van der Waals surface area contributed by atoms with Crippen molar-refractivity contribution >= 4 is 21.4 Å². The minimum Gasteiger partial charge on any atom is -0.325 e. The Kier molecular flexibility index (Phi) is 4.37. The number of carbonyl (C=O) groups excluding carboxylic acids is 1. The zero-order valence-electron chi connectivity index (χ0n) is 10.8. The number of para-hydroxylation sites is 1. The normalized spacial score (nSPS) is 20.9. The molecule has 1 unspecified atom stereocenters. The molecule has 0 saturated carbocycles. The number of amides is 1. The van der Waals surface area contributed by atoms with Crippen molar-refractivity contribution in [2.24, 2.45) is 0 Å². The molecule has 1 aliphatic heterocycles. The van der Waals surface area contributed by atoms with Crippen LogP contribution in [0.5, 0.6) is 0 Å². The predicted molar refractivity (Wildman–Crippen MR) is 74.8 cm³/mol. The summed E-state index contributed by atoms with van der Waals surface area (Å²) < 4.78 is 23.0. The predicted octanol–water partition coefficient (Wildman–Crippen LogP) is 0.273. The first kappa shape index (κ1) is 14.5. The van der Waals surface area contributed by atoms with Crippen LogP contribution in [0.15, 0.2) is 24.3 Å². The van der Waals surface area contributed by atoms with Crippen molar-refractivity contribution < 1.29 is 13.2 Å². The summed E-state index contributed by atoms with van der Waals surface area (Å²) in [5, 5.41) is 14.6. The van der Waals surface area contributed by atoms with Crippen LogP contribution in [0, 0.1) is 11.3 Å². The molecular formula is C13H15N3O3S. The lowest BCUT2D eigenvalue weighted by atomic mass is 10.1.